The van der Waals surface area contributed by atoms with Crippen LogP contribution < -0.4 is 5.32 Å². The van der Waals surface area contributed by atoms with Crippen LogP contribution in [0, 0.1) is 11.3 Å². The van der Waals surface area contributed by atoms with Gasteiger partial charge in [-0.25, -0.2) is 0 Å². The summed E-state index contributed by atoms with van der Waals surface area (Å²) < 4.78 is 0. The van der Waals surface area contributed by atoms with Gasteiger partial charge in [-0.05, 0) is 69.4 Å². The molecule has 0 heterocycles. The Bertz CT molecular complexity index is 283. The fraction of sp³-hybridized carbons (Fsp3) is 1.00. The first kappa shape index (κ1) is 16.3. The SMILES string of the molecule is CCCNC1CCC(C)(C)CC1CN(CCC)C1CC1. The Hall–Kier alpha value is -0.0800. The largest absolute Gasteiger partial charge is 0.314 e. The summed E-state index contributed by atoms with van der Waals surface area (Å²) in [4.78, 5) is 2.80. The minimum Gasteiger partial charge on any atom is -0.314 e. The van der Waals surface area contributed by atoms with E-state index in [1.807, 2.05) is 0 Å². The monoisotopic (exact) mass is 280 g/mol. The fourth-order valence-corrected chi connectivity index (χ4v) is 3.98. The molecule has 2 heteroatoms. The molecule has 0 amide bonds. The summed E-state index contributed by atoms with van der Waals surface area (Å²) in [7, 11) is 0. The van der Waals surface area contributed by atoms with Gasteiger partial charge in [0, 0.05) is 18.6 Å². The van der Waals surface area contributed by atoms with E-state index in [1.54, 1.807) is 0 Å². The molecule has 20 heavy (non-hydrogen) atoms. The molecule has 2 atom stereocenters. The van der Waals surface area contributed by atoms with E-state index in [1.165, 1.54) is 64.6 Å². The van der Waals surface area contributed by atoms with Gasteiger partial charge < -0.3 is 10.2 Å². The van der Waals surface area contributed by atoms with E-state index in [2.05, 4.69) is 37.9 Å². The summed E-state index contributed by atoms with van der Waals surface area (Å²) in [5.74, 6) is 0.859. The molecule has 0 bridgehead atoms. The maximum atomic E-state index is 3.84. The Morgan fingerprint density at radius 2 is 1.85 bits per heavy atom. The predicted octanol–water partition coefficient (Wildman–Crippen LogP) is 4.06. The second-order valence-electron chi connectivity index (χ2n) is 7.95. The minimum absolute atomic E-state index is 0.552. The molecule has 0 aromatic carbocycles. The van der Waals surface area contributed by atoms with E-state index >= 15 is 0 Å². The molecule has 2 aliphatic carbocycles. The van der Waals surface area contributed by atoms with Crippen molar-refractivity contribution in [3.8, 4) is 0 Å². The summed E-state index contributed by atoms with van der Waals surface area (Å²) in [5, 5.41) is 3.84. The van der Waals surface area contributed by atoms with Gasteiger partial charge in [0.05, 0.1) is 0 Å². The van der Waals surface area contributed by atoms with Crippen molar-refractivity contribution in [2.75, 3.05) is 19.6 Å². The van der Waals surface area contributed by atoms with Crippen molar-refractivity contribution < 1.29 is 0 Å². The Labute approximate surface area is 126 Å². The third kappa shape index (κ3) is 4.73. The molecule has 2 rings (SSSR count). The highest BCUT2D eigenvalue weighted by molar-refractivity contribution is 4.93. The van der Waals surface area contributed by atoms with Crippen molar-refractivity contribution in [3.05, 3.63) is 0 Å². The van der Waals surface area contributed by atoms with E-state index < -0.39 is 0 Å². The van der Waals surface area contributed by atoms with E-state index in [4.69, 9.17) is 0 Å². The lowest BCUT2D eigenvalue weighted by atomic mass is 9.69. The lowest BCUT2D eigenvalue weighted by Crippen LogP contribution is -2.48. The average molecular weight is 280 g/mol. The molecule has 0 saturated heterocycles. The molecule has 2 unspecified atom stereocenters. The van der Waals surface area contributed by atoms with Gasteiger partial charge in [0.1, 0.15) is 0 Å². The second-order valence-corrected chi connectivity index (χ2v) is 7.95. The quantitative estimate of drug-likeness (QED) is 0.721. The number of nitrogens with one attached hydrogen (secondary N) is 1. The summed E-state index contributed by atoms with van der Waals surface area (Å²) in [6, 6.07) is 1.69. The van der Waals surface area contributed by atoms with Crippen LogP contribution in [0.15, 0.2) is 0 Å². The highest BCUT2D eigenvalue weighted by atomic mass is 15.2. The van der Waals surface area contributed by atoms with Gasteiger partial charge in [0.15, 0.2) is 0 Å². The topological polar surface area (TPSA) is 15.3 Å². The van der Waals surface area contributed by atoms with Crippen molar-refractivity contribution in [2.45, 2.75) is 84.7 Å². The maximum absolute atomic E-state index is 3.84. The number of hydrogen-bond acceptors (Lipinski definition) is 2. The molecule has 2 aliphatic rings. The molecular formula is C18H36N2. The third-order valence-corrected chi connectivity index (χ3v) is 5.22. The van der Waals surface area contributed by atoms with Crippen LogP contribution in [0.1, 0.15) is 72.6 Å². The first-order valence-corrected chi connectivity index (χ1v) is 9.03. The highest BCUT2D eigenvalue weighted by Gasteiger charge is 2.37. The van der Waals surface area contributed by atoms with E-state index in [0.717, 1.165) is 18.0 Å². The summed E-state index contributed by atoms with van der Waals surface area (Å²) in [6.45, 7) is 13.4. The van der Waals surface area contributed by atoms with Crippen LogP contribution in [0.4, 0.5) is 0 Å². The van der Waals surface area contributed by atoms with Crippen molar-refractivity contribution in [2.24, 2.45) is 11.3 Å². The van der Waals surface area contributed by atoms with Gasteiger partial charge in [-0.3, -0.25) is 0 Å². The van der Waals surface area contributed by atoms with Gasteiger partial charge in [-0.1, -0.05) is 27.7 Å². The summed E-state index contributed by atoms with van der Waals surface area (Å²) >= 11 is 0. The molecule has 0 aromatic rings. The van der Waals surface area contributed by atoms with Crippen LogP contribution >= 0.6 is 0 Å². The van der Waals surface area contributed by atoms with Crippen LogP contribution in [0.3, 0.4) is 0 Å². The van der Waals surface area contributed by atoms with Crippen molar-refractivity contribution >= 4 is 0 Å². The van der Waals surface area contributed by atoms with Crippen LogP contribution in [0.2, 0.25) is 0 Å². The molecule has 0 aliphatic heterocycles. The third-order valence-electron chi connectivity index (χ3n) is 5.22. The first-order valence-electron chi connectivity index (χ1n) is 9.03. The maximum Gasteiger partial charge on any atom is 0.0108 e. The zero-order valence-electron chi connectivity index (χ0n) is 14.3. The highest BCUT2D eigenvalue weighted by Crippen LogP contribution is 2.40. The molecule has 0 radical (unpaired) electrons. The summed E-state index contributed by atoms with van der Waals surface area (Å²) in [6.07, 6.45) is 9.63. The Balaban J connectivity index is 1.94. The minimum atomic E-state index is 0.552. The van der Waals surface area contributed by atoms with Crippen LogP contribution in [0.5, 0.6) is 0 Å². The zero-order chi connectivity index (χ0) is 14.6. The van der Waals surface area contributed by atoms with Gasteiger partial charge >= 0.3 is 0 Å². The molecular weight excluding hydrogens is 244 g/mol. The van der Waals surface area contributed by atoms with E-state index in [-0.39, 0.29) is 0 Å². The Kier molecular flexibility index (Phi) is 5.92. The standard InChI is InChI=1S/C18H36N2/c1-5-11-19-17-9-10-18(3,4)13-15(17)14-20(12-6-2)16-7-8-16/h15-17,19H,5-14H2,1-4H3. The molecule has 0 aromatic heterocycles. The van der Waals surface area contributed by atoms with Crippen LogP contribution in [0.25, 0.3) is 0 Å². The van der Waals surface area contributed by atoms with Crippen LogP contribution in [-0.4, -0.2) is 36.6 Å². The lowest BCUT2D eigenvalue weighted by molar-refractivity contribution is 0.0967. The lowest BCUT2D eigenvalue weighted by Gasteiger charge is -2.43. The average Bonchev–Trinajstić information content (AvgIpc) is 3.21. The van der Waals surface area contributed by atoms with Gasteiger partial charge in [0.2, 0.25) is 0 Å². The molecule has 0 spiro atoms. The molecule has 118 valence electrons. The van der Waals surface area contributed by atoms with Gasteiger partial charge in [-0.2, -0.15) is 0 Å². The Morgan fingerprint density at radius 3 is 2.45 bits per heavy atom. The number of hydrogen-bond donors (Lipinski definition) is 1. The Morgan fingerprint density at radius 1 is 1.10 bits per heavy atom. The van der Waals surface area contributed by atoms with E-state index in [0.29, 0.717) is 5.41 Å². The number of rotatable bonds is 8. The molecule has 2 nitrogen and oxygen atoms in total. The van der Waals surface area contributed by atoms with E-state index in [9.17, 15) is 0 Å². The molecule has 2 fully saturated rings. The zero-order valence-corrected chi connectivity index (χ0v) is 14.3. The van der Waals surface area contributed by atoms with Gasteiger partial charge in [0.25, 0.3) is 0 Å². The first-order chi connectivity index (χ1) is 9.55. The number of nitrogens with zero attached hydrogens (tertiary/aromatic N) is 1. The predicted molar refractivity (Wildman–Crippen MR) is 88.1 cm³/mol. The second kappa shape index (κ2) is 7.26. The van der Waals surface area contributed by atoms with Crippen molar-refractivity contribution in [1.29, 1.82) is 0 Å². The fourth-order valence-electron chi connectivity index (χ4n) is 3.98. The van der Waals surface area contributed by atoms with Crippen molar-refractivity contribution in [3.63, 3.8) is 0 Å². The smallest absolute Gasteiger partial charge is 0.0108 e. The normalized spacial score (nSPS) is 29.9. The van der Waals surface area contributed by atoms with Crippen molar-refractivity contribution in [1.82, 2.24) is 10.2 Å². The molecule has 1 N–H and O–H groups in total. The van der Waals surface area contributed by atoms with Crippen LogP contribution in [-0.2, 0) is 0 Å². The van der Waals surface area contributed by atoms with Gasteiger partial charge in [-0.15, -0.1) is 0 Å². The summed E-state index contributed by atoms with van der Waals surface area (Å²) in [5.41, 5.74) is 0.552. The molecule has 2 saturated carbocycles.